The van der Waals surface area contributed by atoms with Gasteiger partial charge < -0.3 is 14.8 Å². The molecule has 0 aliphatic rings. The number of aryl methyl sites for hydroxylation is 1. The Balaban J connectivity index is 2.25. The summed E-state index contributed by atoms with van der Waals surface area (Å²) >= 11 is 5.74. The van der Waals surface area contributed by atoms with Crippen molar-refractivity contribution in [3.63, 3.8) is 0 Å². The Bertz CT molecular complexity index is 648. The maximum absolute atomic E-state index is 11.9. The number of carboxylic acids is 1. The molecule has 0 atom stereocenters. The third-order valence-electron chi connectivity index (χ3n) is 2.56. The zero-order valence-electron chi connectivity index (χ0n) is 9.94. The molecule has 19 heavy (non-hydrogen) atoms. The van der Waals surface area contributed by atoms with E-state index in [0.29, 0.717) is 17.0 Å². The third kappa shape index (κ3) is 2.77. The highest BCUT2D eigenvalue weighted by Crippen LogP contribution is 2.21. The molecule has 6 heteroatoms. The van der Waals surface area contributed by atoms with Crippen LogP contribution in [0.4, 0.5) is 5.69 Å². The number of benzene rings is 1. The maximum atomic E-state index is 11.9. The zero-order valence-corrected chi connectivity index (χ0v) is 10.7. The molecule has 0 fully saturated rings. The van der Waals surface area contributed by atoms with Crippen LogP contribution in [-0.4, -0.2) is 17.0 Å². The second-order valence-corrected chi connectivity index (χ2v) is 4.25. The minimum atomic E-state index is -1.15. The molecule has 2 rings (SSSR count). The molecular weight excluding hydrogens is 270 g/mol. The number of rotatable bonds is 3. The summed E-state index contributed by atoms with van der Waals surface area (Å²) in [4.78, 5) is 22.8. The molecule has 0 saturated carbocycles. The highest BCUT2D eigenvalue weighted by Gasteiger charge is 2.14. The molecule has 2 aromatic rings. The number of carbonyl (C=O) groups is 2. The molecule has 0 spiro atoms. The lowest BCUT2D eigenvalue weighted by atomic mass is 10.2. The molecule has 1 aromatic carbocycles. The predicted molar refractivity (Wildman–Crippen MR) is 69.8 cm³/mol. The Morgan fingerprint density at radius 3 is 2.58 bits per heavy atom. The summed E-state index contributed by atoms with van der Waals surface area (Å²) < 4.78 is 5.03. The number of nitrogens with one attached hydrogen (secondary N) is 1. The summed E-state index contributed by atoms with van der Waals surface area (Å²) in [7, 11) is 0. The van der Waals surface area contributed by atoms with Crippen LogP contribution >= 0.6 is 11.6 Å². The van der Waals surface area contributed by atoms with E-state index in [9.17, 15) is 9.59 Å². The van der Waals surface area contributed by atoms with Crippen LogP contribution in [0.3, 0.4) is 0 Å². The molecule has 0 aliphatic carbocycles. The standard InChI is InChI=1S/C13H10ClNO4/c1-7-9(4-5-19-7)12(16)15-8-2-3-11(14)10(6-8)13(17)18/h2-6H,1H3,(H,15,16)(H,17,18). The summed E-state index contributed by atoms with van der Waals surface area (Å²) in [6, 6.07) is 5.79. The Morgan fingerprint density at radius 2 is 2.00 bits per heavy atom. The molecule has 1 amide bonds. The Kier molecular flexibility index (Phi) is 3.57. The molecule has 98 valence electrons. The van der Waals surface area contributed by atoms with Gasteiger partial charge in [0, 0.05) is 5.69 Å². The van der Waals surface area contributed by atoms with Crippen LogP contribution in [0, 0.1) is 6.92 Å². The molecule has 1 heterocycles. The fourth-order valence-electron chi connectivity index (χ4n) is 1.59. The first-order valence-electron chi connectivity index (χ1n) is 5.37. The lowest BCUT2D eigenvalue weighted by Gasteiger charge is -2.06. The topological polar surface area (TPSA) is 79.5 Å². The van der Waals surface area contributed by atoms with E-state index in [4.69, 9.17) is 21.1 Å². The first kappa shape index (κ1) is 13.2. The Hall–Kier alpha value is -2.27. The van der Waals surface area contributed by atoms with E-state index in [0.717, 1.165) is 0 Å². The highest BCUT2D eigenvalue weighted by molar-refractivity contribution is 6.33. The zero-order chi connectivity index (χ0) is 14.0. The smallest absolute Gasteiger partial charge is 0.337 e. The van der Waals surface area contributed by atoms with Crippen molar-refractivity contribution in [3.05, 3.63) is 52.4 Å². The summed E-state index contributed by atoms with van der Waals surface area (Å²) in [6.45, 7) is 1.67. The van der Waals surface area contributed by atoms with Gasteiger partial charge in [-0.05, 0) is 31.2 Å². The number of halogens is 1. The van der Waals surface area contributed by atoms with Crippen molar-refractivity contribution >= 4 is 29.2 Å². The van der Waals surface area contributed by atoms with Gasteiger partial charge in [0.1, 0.15) is 5.76 Å². The summed E-state index contributed by atoms with van der Waals surface area (Å²) in [5.74, 6) is -1.03. The van der Waals surface area contributed by atoms with Crippen molar-refractivity contribution in [1.82, 2.24) is 0 Å². The molecular formula is C13H10ClNO4. The van der Waals surface area contributed by atoms with Crippen LogP contribution in [0.25, 0.3) is 0 Å². The first-order valence-corrected chi connectivity index (χ1v) is 5.75. The quantitative estimate of drug-likeness (QED) is 0.904. The number of carboxylic acid groups (broad SMARTS) is 1. The molecule has 0 unspecified atom stereocenters. The van der Waals surface area contributed by atoms with E-state index in [-0.39, 0.29) is 16.5 Å². The third-order valence-corrected chi connectivity index (χ3v) is 2.89. The van der Waals surface area contributed by atoms with E-state index in [1.807, 2.05) is 0 Å². The first-order chi connectivity index (χ1) is 8.99. The fraction of sp³-hybridized carbons (Fsp3) is 0.0769. The number of aromatic carboxylic acids is 1. The van der Waals surface area contributed by atoms with Gasteiger partial charge in [0.05, 0.1) is 22.4 Å². The van der Waals surface area contributed by atoms with E-state index < -0.39 is 5.97 Å². The molecule has 5 nitrogen and oxygen atoms in total. The van der Waals surface area contributed by atoms with Crippen molar-refractivity contribution < 1.29 is 19.1 Å². The molecule has 1 aromatic heterocycles. The van der Waals surface area contributed by atoms with Crippen LogP contribution in [0.2, 0.25) is 5.02 Å². The molecule has 0 aliphatic heterocycles. The van der Waals surface area contributed by atoms with Crippen LogP contribution in [0.15, 0.2) is 34.9 Å². The molecule has 0 radical (unpaired) electrons. The second-order valence-electron chi connectivity index (χ2n) is 3.84. The lowest BCUT2D eigenvalue weighted by molar-refractivity contribution is 0.0696. The monoisotopic (exact) mass is 279 g/mol. The number of amides is 1. The van der Waals surface area contributed by atoms with E-state index in [1.54, 1.807) is 13.0 Å². The van der Waals surface area contributed by atoms with Gasteiger partial charge in [-0.2, -0.15) is 0 Å². The SMILES string of the molecule is Cc1occc1C(=O)Nc1ccc(Cl)c(C(=O)O)c1. The maximum Gasteiger partial charge on any atom is 0.337 e. The van der Waals surface area contributed by atoms with Gasteiger partial charge in [-0.15, -0.1) is 0 Å². The summed E-state index contributed by atoms with van der Waals surface area (Å²) in [5, 5.41) is 11.6. The number of furan rings is 1. The van der Waals surface area contributed by atoms with E-state index >= 15 is 0 Å². The van der Waals surface area contributed by atoms with Gasteiger partial charge in [-0.1, -0.05) is 11.6 Å². The van der Waals surface area contributed by atoms with Crippen molar-refractivity contribution in [1.29, 1.82) is 0 Å². The average Bonchev–Trinajstić information content (AvgIpc) is 2.77. The molecule has 0 saturated heterocycles. The minimum Gasteiger partial charge on any atom is -0.478 e. The average molecular weight is 280 g/mol. The highest BCUT2D eigenvalue weighted by atomic mass is 35.5. The van der Waals surface area contributed by atoms with Crippen molar-refractivity contribution in [3.8, 4) is 0 Å². The van der Waals surface area contributed by atoms with Gasteiger partial charge in [0.15, 0.2) is 0 Å². The number of anilines is 1. The second kappa shape index (κ2) is 5.16. The van der Waals surface area contributed by atoms with Crippen LogP contribution in [0.1, 0.15) is 26.5 Å². The number of hydrogen-bond donors (Lipinski definition) is 2. The van der Waals surface area contributed by atoms with Gasteiger partial charge in [0.25, 0.3) is 5.91 Å². The van der Waals surface area contributed by atoms with E-state index in [2.05, 4.69) is 5.32 Å². The van der Waals surface area contributed by atoms with Crippen molar-refractivity contribution in [2.75, 3.05) is 5.32 Å². The van der Waals surface area contributed by atoms with Crippen molar-refractivity contribution in [2.24, 2.45) is 0 Å². The van der Waals surface area contributed by atoms with Gasteiger partial charge in [0.2, 0.25) is 0 Å². The Labute approximate surface area is 113 Å². The number of carbonyl (C=O) groups excluding carboxylic acids is 1. The lowest BCUT2D eigenvalue weighted by Crippen LogP contribution is -2.12. The fourth-order valence-corrected chi connectivity index (χ4v) is 1.78. The normalized spacial score (nSPS) is 10.2. The summed E-state index contributed by atoms with van der Waals surface area (Å²) in [5.41, 5.74) is 0.683. The predicted octanol–water partition coefficient (Wildman–Crippen LogP) is 3.19. The van der Waals surface area contributed by atoms with Gasteiger partial charge in [-0.25, -0.2) is 4.79 Å². The van der Waals surface area contributed by atoms with Crippen LogP contribution in [-0.2, 0) is 0 Å². The minimum absolute atomic E-state index is 0.0663. The van der Waals surface area contributed by atoms with Crippen LogP contribution < -0.4 is 5.32 Å². The largest absolute Gasteiger partial charge is 0.478 e. The van der Waals surface area contributed by atoms with Crippen molar-refractivity contribution in [2.45, 2.75) is 6.92 Å². The van der Waals surface area contributed by atoms with E-state index in [1.165, 1.54) is 24.5 Å². The number of hydrogen-bond acceptors (Lipinski definition) is 3. The Morgan fingerprint density at radius 1 is 1.26 bits per heavy atom. The molecule has 0 bridgehead atoms. The molecule has 2 N–H and O–H groups in total. The van der Waals surface area contributed by atoms with Gasteiger partial charge >= 0.3 is 5.97 Å². The van der Waals surface area contributed by atoms with Gasteiger partial charge in [-0.3, -0.25) is 4.79 Å². The summed E-state index contributed by atoms with van der Waals surface area (Å²) in [6.07, 6.45) is 1.41. The van der Waals surface area contributed by atoms with Crippen LogP contribution in [0.5, 0.6) is 0 Å².